The minimum atomic E-state index is -4.71. The Bertz CT molecular complexity index is 1500. The molecule has 0 radical (unpaired) electrons. The number of hydrogen-bond acceptors (Lipinski definition) is 3. The predicted molar refractivity (Wildman–Crippen MR) is 151 cm³/mol. The van der Waals surface area contributed by atoms with E-state index >= 15 is 0 Å². The van der Waals surface area contributed by atoms with Crippen molar-refractivity contribution in [1.82, 2.24) is 0 Å². The third-order valence-electron chi connectivity index (χ3n) is 5.43. The van der Waals surface area contributed by atoms with E-state index in [1.54, 1.807) is 60.7 Å². The number of carbonyl (C=O) groups excluding carboxylic acids is 2. The van der Waals surface area contributed by atoms with Crippen LogP contribution < -0.4 is 10.6 Å². The van der Waals surface area contributed by atoms with Gasteiger partial charge >= 0.3 is 6.18 Å². The molecule has 4 rings (SSSR count). The van der Waals surface area contributed by atoms with Gasteiger partial charge in [-0.25, -0.2) is 0 Å². The summed E-state index contributed by atoms with van der Waals surface area (Å²) in [6.07, 6.45) is -4.71. The van der Waals surface area contributed by atoms with E-state index in [2.05, 4.69) is 10.6 Å². The van der Waals surface area contributed by atoms with Crippen LogP contribution in [0.1, 0.15) is 26.7 Å². The van der Waals surface area contributed by atoms with E-state index < -0.39 is 34.5 Å². The molecule has 4 nitrogen and oxygen atoms in total. The molecule has 11 heteroatoms. The van der Waals surface area contributed by atoms with Crippen LogP contribution in [0.3, 0.4) is 0 Å². The first-order chi connectivity index (χ1) is 18.5. The van der Waals surface area contributed by atoms with Crippen molar-refractivity contribution in [3.63, 3.8) is 0 Å². The second-order valence-electron chi connectivity index (χ2n) is 8.19. The average molecular weight is 610 g/mol. The summed E-state index contributed by atoms with van der Waals surface area (Å²) in [5, 5.41) is 4.78. The highest BCUT2D eigenvalue weighted by molar-refractivity contribution is 8.00. The fourth-order valence-corrected chi connectivity index (χ4v) is 5.28. The monoisotopic (exact) mass is 608 g/mol. The van der Waals surface area contributed by atoms with Gasteiger partial charge in [-0.1, -0.05) is 65.1 Å². The van der Waals surface area contributed by atoms with Crippen molar-refractivity contribution in [2.75, 3.05) is 10.6 Å². The molecule has 0 spiro atoms. The maximum atomic E-state index is 13.6. The first-order valence-electron chi connectivity index (χ1n) is 11.3. The Morgan fingerprint density at radius 3 is 2.05 bits per heavy atom. The number of carbonyl (C=O) groups is 2. The van der Waals surface area contributed by atoms with Crippen molar-refractivity contribution >= 4 is 69.8 Å². The van der Waals surface area contributed by atoms with Gasteiger partial charge in [0.05, 0.1) is 21.8 Å². The van der Waals surface area contributed by atoms with E-state index in [0.717, 1.165) is 23.9 Å². The van der Waals surface area contributed by atoms with Gasteiger partial charge in [0, 0.05) is 20.6 Å². The smallest absolute Gasteiger partial charge is 0.324 e. The summed E-state index contributed by atoms with van der Waals surface area (Å²) < 4.78 is 40.7. The lowest BCUT2D eigenvalue weighted by Gasteiger charge is -2.19. The predicted octanol–water partition coefficient (Wildman–Crippen LogP) is 9.39. The SMILES string of the molecule is O=C(Nc1ccc(SC(C(=O)Nc2ccc(Cl)cc2C(F)(F)F)c2ccccc2)cc1)c1ccc(Cl)cc1Cl. The molecule has 0 saturated heterocycles. The third kappa shape index (κ3) is 7.48. The Kier molecular flexibility index (Phi) is 9.12. The number of anilines is 2. The summed E-state index contributed by atoms with van der Waals surface area (Å²) in [6, 6.07) is 23.1. The Hall–Kier alpha value is -3.17. The van der Waals surface area contributed by atoms with Crippen molar-refractivity contribution in [2.24, 2.45) is 0 Å². The van der Waals surface area contributed by atoms with Crippen LogP contribution in [0.5, 0.6) is 0 Å². The minimum Gasteiger partial charge on any atom is -0.324 e. The van der Waals surface area contributed by atoms with Crippen LogP contribution in [0.4, 0.5) is 24.5 Å². The van der Waals surface area contributed by atoms with Gasteiger partial charge in [0.25, 0.3) is 5.91 Å². The second kappa shape index (κ2) is 12.3. The maximum Gasteiger partial charge on any atom is 0.418 e. The molecular formula is C28H18Cl3F3N2O2S. The lowest BCUT2D eigenvalue weighted by Crippen LogP contribution is -2.21. The lowest BCUT2D eigenvalue weighted by molar-refractivity contribution is -0.137. The highest BCUT2D eigenvalue weighted by Gasteiger charge is 2.35. The third-order valence-corrected chi connectivity index (χ3v) is 7.48. The molecular weight excluding hydrogens is 592 g/mol. The van der Waals surface area contributed by atoms with E-state index in [0.29, 0.717) is 21.2 Å². The fourth-order valence-electron chi connectivity index (χ4n) is 3.58. The van der Waals surface area contributed by atoms with Gasteiger partial charge in [0.2, 0.25) is 5.91 Å². The molecule has 1 unspecified atom stereocenters. The second-order valence-corrected chi connectivity index (χ2v) is 10.6. The van der Waals surface area contributed by atoms with Crippen LogP contribution in [0.15, 0.2) is 95.9 Å². The molecule has 200 valence electrons. The largest absolute Gasteiger partial charge is 0.418 e. The molecule has 0 fully saturated rings. The number of rotatable bonds is 7. The van der Waals surface area contributed by atoms with Gasteiger partial charge in [0.1, 0.15) is 5.25 Å². The van der Waals surface area contributed by atoms with Gasteiger partial charge in [-0.15, -0.1) is 11.8 Å². The van der Waals surface area contributed by atoms with Crippen LogP contribution in [0, 0.1) is 0 Å². The van der Waals surface area contributed by atoms with Crippen molar-refractivity contribution in [2.45, 2.75) is 16.3 Å². The van der Waals surface area contributed by atoms with Crippen molar-refractivity contribution < 1.29 is 22.8 Å². The van der Waals surface area contributed by atoms with Gasteiger partial charge in [-0.3, -0.25) is 9.59 Å². The van der Waals surface area contributed by atoms with Gasteiger partial charge in [0.15, 0.2) is 0 Å². The fraction of sp³-hybridized carbons (Fsp3) is 0.0714. The molecule has 0 aliphatic carbocycles. The maximum absolute atomic E-state index is 13.6. The number of halogens is 6. The van der Waals surface area contributed by atoms with Crippen molar-refractivity contribution in [1.29, 1.82) is 0 Å². The van der Waals surface area contributed by atoms with Crippen LogP contribution in [0.25, 0.3) is 0 Å². The zero-order valence-corrected chi connectivity index (χ0v) is 22.8. The Morgan fingerprint density at radius 1 is 0.769 bits per heavy atom. The molecule has 0 heterocycles. The number of alkyl halides is 3. The molecule has 0 bridgehead atoms. The van der Waals surface area contributed by atoms with E-state index in [1.165, 1.54) is 18.2 Å². The molecule has 2 N–H and O–H groups in total. The Morgan fingerprint density at radius 2 is 1.41 bits per heavy atom. The number of nitrogens with one attached hydrogen (secondary N) is 2. The molecule has 4 aromatic carbocycles. The molecule has 0 aromatic heterocycles. The number of thioether (sulfide) groups is 1. The Balaban J connectivity index is 1.54. The van der Waals surface area contributed by atoms with E-state index in [4.69, 9.17) is 34.8 Å². The molecule has 39 heavy (non-hydrogen) atoms. The zero-order valence-electron chi connectivity index (χ0n) is 19.7. The molecule has 0 saturated carbocycles. The minimum absolute atomic E-state index is 0.0974. The first-order valence-corrected chi connectivity index (χ1v) is 13.3. The topological polar surface area (TPSA) is 58.2 Å². The number of hydrogen-bond donors (Lipinski definition) is 2. The standard InChI is InChI=1S/C28H18Cl3F3N2O2S/c29-17-7-13-24(22(14-17)28(32,33)34)36-27(38)25(16-4-2-1-3-5-16)39-20-10-8-19(9-11-20)35-26(37)21-12-6-18(30)15-23(21)31/h1-15,25H,(H,35,37)(H,36,38). The van der Waals surface area contributed by atoms with Crippen molar-refractivity contribution in [3.8, 4) is 0 Å². The quantitative estimate of drug-likeness (QED) is 0.205. The van der Waals surface area contributed by atoms with Gasteiger partial charge in [-0.05, 0) is 66.2 Å². The summed E-state index contributed by atoms with van der Waals surface area (Å²) in [7, 11) is 0. The normalized spacial score (nSPS) is 12.1. The lowest BCUT2D eigenvalue weighted by atomic mass is 10.1. The first kappa shape index (κ1) is 28.8. The highest BCUT2D eigenvalue weighted by Crippen LogP contribution is 2.40. The average Bonchev–Trinajstić information content (AvgIpc) is 2.89. The van der Waals surface area contributed by atoms with Gasteiger partial charge in [-0.2, -0.15) is 13.2 Å². The van der Waals surface area contributed by atoms with E-state index in [-0.39, 0.29) is 15.6 Å². The van der Waals surface area contributed by atoms with Crippen LogP contribution in [-0.4, -0.2) is 11.8 Å². The van der Waals surface area contributed by atoms with Crippen LogP contribution >= 0.6 is 46.6 Å². The molecule has 1 atom stereocenters. The summed E-state index contributed by atoms with van der Waals surface area (Å²) in [6.45, 7) is 0. The Labute approximate surface area is 241 Å². The number of benzene rings is 4. The van der Waals surface area contributed by atoms with Crippen molar-refractivity contribution in [3.05, 3.63) is 123 Å². The highest BCUT2D eigenvalue weighted by atomic mass is 35.5. The van der Waals surface area contributed by atoms with Gasteiger partial charge < -0.3 is 10.6 Å². The van der Waals surface area contributed by atoms with Crippen LogP contribution in [-0.2, 0) is 11.0 Å². The molecule has 0 aliphatic rings. The summed E-state index contributed by atoms with van der Waals surface area (Å²) in [5.41, 5.74) is -0.108. The summed E-state index contributed by atoms with van der Waals surface area (Å²) in [5.74, 6) is -1.07. The molecule has 2 amide bonds. The molecule has 4 aromatic rings. The number of amides is 2. The van der Waals surface area contributed by atoms with E-state index in [1.807, 2.05) is 0 Å². The zero-order chi connectivity index (χ0) is 28.2. The summed E-state index contributed by atoms with van der Waals surface area (Å²) in [4.78, 5) is 26.5. The summed E-state index contributed by atoms with van der Waals surface area (Å²) >= 11 is 18.9. The molecule has 0 aliphatic heterocycles. The van der Waals surface area contributed by atoms with Crippen LogP contribution in [0.2, 0.25) is 15.1 Å². The van der Waals surface area contributed by atoms with E-state index in [9.17, 15) is 22.8 Å².